The van der Waals surface area contributed by atoms with E-state index in [-0.39, 0.29) is 0 Å². The molecule has 3 aliphatic carbocycles. The number of hydrogen-bond donors (Lipinski definition) is 0. The zero-order valence-electron chi connectivity index (χ0n) is 10.3. The first-order valence-electron chi connectivity index (χ1n) is 6.59. The average Bonchev–Trinajstić information content (AvgIpc) is 2.80. The van der Waals surface area contributed by atoms with Crippen LogP contribution in [-0.4, -0.2) is 0 Å². The molecule has 0 heteroatoms. The van der Waals surface area contributed by atoms with Crippen LogP contribution in [0.15, 0.2) is 22.3 Å². The van der Waals surface area contributed by atoms with E-state index in [1.807, 2.05) is 0 Å². The molecule has 0 aromatic heterocycles. The Morgan fingerprint density at radius 2 is 1.60 bits per heavy atom. The lowest BCUT2D eigenvalue weighted by Gasteiger charge is -2.32. The average molecular weight is 202 g/mol. The van der Waals surface area contributed by atoms with E-state index in [9.17, 15) is 0 Å². The molecule has 3 rings (SSSR count). The van der Waals surface area contributed by atoms with Gasteiger partial charge in [0.2, 0.25) is 0 Å². The highest BCUT2D eigenvalue weighted by atomic mass is 14.5. The van der Waals surface area contributed by atoms with Crippen LogP contribution in [0, 0.1) is 17.8 Å². The van der Waals surface area contributed by atoms with Gasteiger partial charge >= 0.3 is 0 Å². The van der Waals surface area contributed by atoms with E-state index in [0.29, 0.717) is 0 Å². The minimum atomic E-state index is 0.904. The highest BCUT2D eigenvalue weighted by Crippen LogP contribution is 2.53. The second kappa shape index (κ2) is 3.23. The van der Waals surface area contributed by atoms with E-state index in [1.54, 1.807) is 22.3 Å². The zero-order chi connectivity index (χ0) is 10.6. The van der Waals surface area contributed by atoms with Crippen LogP contribution >= 0.6 is 0 Å². The lowest BCUT2D eigenvalue weighted by molar-refractivity contribution is 0.406. The van der Waals surface area contributed by atoms with E-state index < -0.39 is 0 Å². The van der Waals surface area contributed by atoms with Crippen LogP contribution in [0.2, 0.25) is 0 Å². The van der Waals surface area contributed by atoms with Crippen LogP contribution in [-0.2, 0) is 0 Å². The Balaban J connectivity index is 2.11. The monoisotopic (exact) mass is 202 g/mol. The van der Waals surface area contributed by atoms with Gasteiger partial charge in [0.1, 0.15) is 0 Å². The van der Waals surface area contributed by atoms with Crippen molar-refractivity contribution < 1.29 is 0 Å². The lowest BCUT2D eigenvalue weighted by Crippen LogP contribution is -2.21. The van der Waals surface area contributed by atoms with Gasteiger partial charge in [-0.15, -0.1) is 0 Å². The fourth-order valence-corrected chi connectivity index (χ4v) is 4.45. The van der Waals surface area contributed by atoms with Crippen molar-refractivity contribution in [1.29, 1.82) is 0 Å². The number of fused-ring (bicyclic) bond motifs is 2. The maximum absolute atomic E-state index is 2.46. The third kappa shape index (κ3) is 1.20. The third-order valence-electron chi connectivity index (χ3n) is 5.21. The minimum Gasteiger partial charge on any atom is -0.0661 e. The summed E-state index contributed by atoms with van der Waals surface area (Å²) in [6.07, 6.45) is 7.05. The van der Waals surface area contributed by atoms with Crippen molar-refractivity contribution in [1.82, 2.24) is 0 Å². The number of hydrogen-bond acceptors (Lipinski definition) is 0. The van der Waals surface area contributed by atoms with Crippen LogP contribution in [0.25, 0.3) is 0 Å². The standard InChI is InChI=1S/C15H22/c1-9-7-8-14-10(2)12-5-4-6-13(12)11(3)15(9)14/h9,14-15H,4-8H2,1-3H3. The Kier molecular flexibility index (Phi) is 2.09. The van der Waals surface area contributed by atoms with Crippen molar-refractivity contribution in [3.05, 3.63) is 22.3 Å². The molecule has 15 heavy (non-hydrogen) atoms. The molecule has 3 unspecified atom stereocenters. The summed E-state index contributed by atoms with van der Waals surface area (Å²) < 4.78 is 0. The van der Waals surface area contributed by atoms with Crippen LogP contribution in [0.4, 0.5) is 0 Å². The first-order valence-corrected chi connectivity index (χ1v) is 6.59. The molecule has 3 atom stereocenters. The summed E-state index contributed by atoms with van der Waals surface area (Å²) in [6, 6.07) is 0. The Hall–Kier alpha value is -0.520. The van der Waals surface area contributed by atoms with Gasteiger partial charge in [0.15, 0.2) is 0 Å². The second-order valence-corrected chi connectivity index (χ2v) is 5.86. The third-order valence-corrected chi connectivity index (χ3v) is 5.21. The van der Waals surface area contributed by atoms with Crippen LogP contribution in [0.3, 0.4) is 0 Å². The van der Waals surface area contributed by atoms with Gasteiger partial charge in [-0.3, -0.25) is 0 Å². The van der Waals surface area contributed by atoms with E-state index in [0.717, 1.165) is 17.8 Å². The number of allylic oxidation sites excluding steroid dienone is 4. The molecule has 0 heterocycles. The van der Waals surface area contributed by atoms with E-state index in [4.69, 9.17) is 0 Å². The van der Waals surface area contributed by atoms with Crippen molar-refractivity contribution in [3.8, 4) is 0 Å². The van der Waals surface area contributed by atoms with Gasteiger partial charge in [-0.1, -0.05) is 18.1 Å². The highest BCUT2D eigenvalue weighted by molar-refractivity contribution is 5.47. The summed E-state index contributed by atoms with van der Waals surface area (Å²) in [5, 5.41) is 0. The maximum atomic E-state index is 2.46. The van der Waals surface area contributed by atoms with E-state index in [1.165, 1.54) is 32.1 Å². The van der Waals surface area contributed by atoms with Gasteiger partial charge in [0.05, 0.1) is 0 Å². The van der Waals surface area contributed by atoms with Crippen molar-refractivity contribution >= 4 is 0 Å². The molecule has 0 aromatic rings. The normalized spacial score (nSPS) is 39.8. The predicted molar refractivity (Wildman–Crippen MR) is 64.6 cm³/mol. The SMILES string of the molecule is CC1=C2CCCC2=C(C)C2C(C)CCC12. The lowest BCUT2D eigenvalue weighted by atomic mass is 9.72. The summed E-state index contributed by atoms with van der Waals surface area (Å²) in [4.78, 5) is 0. The number of rotatable bonds is 0. The first kappa shape index (κ1) is 9.69. The minimum absolute atomic E-state index is 0.904. The molecule has 0 saturated heterocycles. The fraction of sp³-hybridized carbons (Fsp3) is 0.733. The van der Waals surface area contributed by atoms with Crippen molar-refractivity contribution in [2.45, 2.75) is 52.9 Å². The maximum Gasteiger partial charge on any atom is -0.0109 e. The highest BCUT2D eigenvalue weighted by Gasteiger charge is 2.41. The molecular weight excluding hydrogens is 180 g/mol. The summed E-state index contributed by atoms with van der Waals surface area (Å²) in [5.74, 6) is 2.75. The summed E-state index contributed by atoms with van der Waals surface area (Å²) in [5.41, 5.74) is 7.07. The van der Waals surface area contributed by atoms with Gasteiger partial charge in [-0.2, -0.15) is 0 Å². The Bertz CT molecular complexity index is 356. The van der Waals surface area contributed by atoms with E-state index in [2.05, 4.69) is 20.8 Å². The van der Waals surface area contributed by atoms with Crippen LogP contribution in [0.5, 0.6) is 0 Å². The molecule has 0 aliphatic heterocycles. The predicted octanol–water partition coefficient (Wildman–Crippen LogP) is 4.48. The van der Waals surface area contributed by atoms with Gasteiger partial charge in [0, 0.05) is 0 Å². The molecule has 0 bridgehead atoms. The van der Waals surface area contributed by atoms with Crippen molar-refractivity contribution in [2.24, 2.45) is 17.8 Å². The molecule has 3 aliphatic rings. The van der Waals surface area contributed by atoms with E-state index >= 15 is 0 Å². The molecule has 0 radical (unpaired) electrons. The van der Waals surface area contributed by atoms with Gasteiger partial charge in [0.25, 0.3) is 0 Å². The molecule has 0 aromatic carbocycles. The second-order valence-electron chi connectivity index (χ2n) is 5.86. The molecular formula is C15H22. The van der Waals surface area contributed by atoms with Crippen molar-refractivity contribution in [2.75, 3.05) is 0 Å². The smallest absolute Gasteiger partial charge is 0.0109 e. The van der Waals surface area contributed by atoms with Crippen molar-refractivity contribution in [3.63, 3.8) is 0 Å². The largest absolute Gasteiger partial charge is 0.0661 e. The summed E-state index contributed by atoms with van der Waals surface area (Å²) in [6.45, 7) is 7.30. The topological polar surface area (TPSA) is 0 Å². The molecule has 0 N–H and O–H groups in total. The van der Waals surface area contributed by atoms with Crippen LogP contribution in [0.1, 0.15) is 52.9 Å². The molecule has 0 spiro atoms. The summed E-state index contributed by atoms with van der Waals surface area (Å²) in [7, 11) is 0. The molecule has 82 valence electrons. The Morgan fingerprint density at radius 3 is 2.33 bits per heavy atom. The van der Waals surface area contributed by atoms with Gasteiger partial charge < -0.3 is 0 Å². The molecule has 2 fully saturated rings. The zero-order valence-corrected chi connectivity index (χ0v) is 10.3. The molecule has 0 amide bonds. The Morgan fingerprint density at radius 1 is 0.933 bits per heavy atom. The Labute approximate surface area is 93.5 Å². The van der Waals surface area contributed by atoms with Crippen LogP contribution < -0.4 is 0 Å². The fourth-order valence-electron chi connectivity index (χ4n) is 4.45. The van der Waals surface area contributed by atoms with Gasteiger partial charge in [-0.05, 0) is 74.9 Å². The molecule has 2 saturated carbocycles. The summed E-state index contributed by atoms with van der Waals surface area (Å²) >= 11 is 0. The quantitative estimate of drug-likeness (QED) is 0.543. The first-order chi connectivity index (χ1) is 7.20. The van der Waals surface area contributed by atoms with Gasteiger partial charge in [-0.25, -0.2) is 0 Å². The molecule has 0 nitrogen and oxygen atoms in total.